The van der Waals surface area contributed by atoms with E-state index in [4.69, 9.17) is 20.0 Å². The zero-order valence-electron chi connectivity index (χ0n) is 34.8. The van der Waals surface area contributed by atoms with Gasteiger partial charge in [0.1, 0.15) is 0 Å². The summed E-state index contributed by atoms with van der Waals surface area (Å²) in [7, 11) is 3.76. The minimum absolute atomic E-state index is 0.174. The smallest absolute Gasteiger partial charge is 0.333 e. The molecule has 0 aromatic rings. The van der Waals surface area contributed by atoms with E-state index in [2.05, 4.69) is 57.0 Å². The standard InChI is InChI=1S/C44H87NO3S2Si/c1-7-10-12-14-16-18-20-21-22-23-24-25-26-28-31-35-40-46-44(43-50-49-42-37-33-29-27-19-17-15-13-11-8-2)48-51(5,6)47-41-36-32-30-34-39-45(4)38-9-3/h3,21-22,44H,7-8,10-20,23-43H2,1-2,4-6H3/b22-21-. The predicted molar refractivity (Wildman–Crippen MR) is 235 cm³/mol. The van der Waals surface area contributed by atoms with Gasteiger partial charge >= 0.3 is 8.56 Å². The van der Waals surface area contributed by atoms with Crippen LogP contribution in [0.2, 0.25) is 13.1 Å². The van der Waals surface area contributed by atoms with Crippen LogP contribution in [0.15, 0.2) is 12.2 Å². The van der Waals surface area contributed by atoms with Crippen LogP contribution in [0.5, 0.6) is 0 Å². The molecule has 0 N–H and O–H groups in total. The molecule has 0 bridgehead atoms. The maximum atomic E-state index is 6.59. The molecule has 0 saturated heterocycles. The second kappa shape index (κ2) is 41.2. The summed E-state index contributed by atoms with van der Waals surface area (Å²) in [4.78, 5) is 2.21. The van der Waals surface area contributed by atoms with Crippen LogP contribution in [-0.2, 0) is 13.6 Å². The third-order valence-electron chi connectivity index (χ3n) is 9.49. The maximum Gasteiger partial charge on any atom is 0.333 e. The topological polar surface area (TPSA) is 30.9 Å². The lowest BCUT2D eigenvalue weighted by Gasteiger charge is -2.29. The van der Waals surface area contributed by atoms with Gasteiger partial charge in [0, 0.05) is 19.0 Å². The fourth-order valence-corrected chi connectivity index (χ4v) is 9.98. The Morgan fingerprint density at radius 2 is 1.08 bits per heavy atom. The molecule has 1 atom stereocenters. The number of nitrogens with zero attached hydrogens (tertiary/aromatic N) is 1. The van der Waals surface area contributed by atoms with Gasteiger partial charge in [0.2, 0.25) is 0 Å². The third kappa shape index (κ3) is 41.1. The molecule has 302 valence electrons. The first kappa shape index (κ1) is 51.1. The third-order valence-corrected chi connectivity index (χ3v) is 13.7. The van der Waals surface area contributed by atoms with Crippen molar-refractivity contribution in [3.8, 4) is 12.3 Å². The highest BCUT2D eigenvalue weighted by molar-refractivity contribution is 8.76. The van der Waals surface area contributed by atoms with E-state index in [-0.39, 0.29) is 6.29 Å². The van der Waals surface area contributed by atoms with Gasteiger partial charge in [0.25, 0.3) is 0 Å². The molecule has 0 spiro atoms. The Kier molecular flexibility index (Phi) is 41.3. The molecule has 0 aromatic heterocycles. The minimum Gasteiger partial charge on any atom is -0.394 e. The zero-order valence-corrected chi connectivity index (χ0v) is 37.5. The van der Waals surface area contributed by atoms with Gasteiger partial charge in [-0.05, 0) is 78.1 Å². The Morgan fingerprint density at radius 3 is 1.63 bits per heavy atom. The van der Waals surface area contributed by atoms with Crippen LogP contribution in [0.4, 0.5) is 0 Å². The van der Waals surface area contributed by atoms with Crippen molar-refractivity contribution in [2.24, 2.45) is 0 Å². The van der Waals surface area contributed by atoms with E-state index in [0.717, 1.165) is 44.9 Å². The molecule has 0 aliphatic rings. The first-order valence-corrected chi connectivity index (χ1v) is 27.2. The summed E-state index contributed by atoms with van der Waals surface area (Å²) >= 11 is 0. The van der Waals surface area contributed by atoms with Crippen molar-refractivity contribution in [1.29, 1.82) is 0 Å². The fourth-order valence-electron chi connectivity index (χ4n) is 6.23. The Morgan fingerprint density at radius 1 is 0.608 bits per heavy atom. The summed E-state index contributed by atoms with van der Waals surface area (Å²) in [5.74, 6) is 4.81. The van der Waals surface area contributed by atoms with Crippen LogP contribution in [-0.4, -0.2) is 64.6 Å². The Bertz CT molecular complexity index is 763. The van der Waals surface area contributed by atoms with Crippen molar-refractivity contribution in [1.82, 2.24) is 4.90 Å². The molecule has 0 fully saturated rings. The molecule has 0 amide bonds. The van der Waals surface area contributed by atoms with Gasteiger partial charge in [-0.3, -0.25) is 4.90 Å². The van der Waals surface area contributed by atoms with Gasteiger partial charge in [-0.1, -0.05) is 182 Å². The Hall–Kier alpha value is 0.0569. The van der Waals surface area contributed by atoms with Crippen LogP contribution < -0.4 is 0 Å². The highest BCUT2D eigenvalue weighted by Crippen LogP contribution is 2.27. The van der Waals surface area contributed by atoms with Crippen molar-refractivity contribution in [3.05, 3.63) is 12.2 Å². The number of hydrogen-bond acceptors (Lipinski definition) is 6. The first-order chi connectivity index (χ1) is 24.9. The van der Waals surface area contributed by atoms with E-state index in [1.807, 2.05) is 21.6 Å². The Balaban J connectivity index is 4.23. The second-order valence-corrected chi connectivity index (χ2v) is 21.2. The van der Waals surface area contributed by atoms with E-state index in [1.54, 1.807) is 0 Å². The summed E-state index contributed by atoms with van der Waals surface area (Å²) < 4.78 is 19.3. The molecule has 0 saturated carbocycles. The molecule has 4 nitrogen and oxygen atoms in total. The van der Waals surface area contributed by atoms with Gasteiger partial charge < -0.3 is 13.6 Å². The zero-order chi connectivity index (χ0) is 37.4. The molecular formula is C44H87NO3S2Si. The summed E-state index contributed by atoms with van der Waals surface area (Å²) in [5, 5.41) is 0. The van der Waals surface area contributed by atoms with Gasteiger partial charge in [0.15, 0.2) is 6.29 Å². The number of unbranched alkanes of at least 4 members (excludes halogenated alkanes) is 24. The molecule has 0 heterocycles. The Labute approximate surface area is 329 Å². The van der Waals surface area contributed by atoms with E-state index < -0.39 is 8.56 Å². The van der Waals surface area contributed by atoms with Crippen LogP contribution in [0.3, 0.4) is 0 Å². The molecule has 0 radical (unpaired) electrons. The average Bonchev–Trinajstić information content (AvgIpc) is 3.11. The summed E-state index contributed by atoms with van der Waals surface area (Å²) in [5.41, 5.74) is 0. The number of rotatable bonds is 42. The molecular weight excluding hydrogens is 683 g/mol. The molecule has 0 aromatic carbocycles. The van der Waals surface area contributed by atoms with Crippen LogP contribution in [0, 0.1) is 12.3 Å². The van der Waals surface area contributed by atoms with Crippen LogP contribution >= 0.6 is 21.6 Å². The minimum atomic E-state index is -2.26. The molecule has 1 unspecified atom stereocenters. The average molecular weight is 770 g/mol. The highest BCUT2D eigenvalue weighted by Gasteiger charge is 2.29. The predicted octanol–water partition coefficient (Wildman–Crippen LogP) is 14.5. The highest BCUT2D eigenvalue weighted by atomic mass is 33.1. The number of hydrogen-bond donors (Lipinski definition) is 0. The lowest BCUT2D eigenvalue weighted by Crippen LogP contribution is -2.41. The summed E-state index contributed by atoms with van der Waals surface area (Å²) in [6.07, 6.45) is 47.3. The summed E-state index contributed by atoms with van der Waals surface area (Å²) in [6.45, 7) is 12.3. The van der Waals surface area contributed by atoms with Gasteiger partial charge in [-0.15, -0.1) is 6.42 Å². The van der Waals surface area contributed by atoms with E-state index in [1.165, 1.54) is 173 Å². The largest absolute Gasteiger partial charge is 0.394 e. The van der Waals surface area contributed by atoms with Gasteiger partial charge in [-0.2, -0.15) is 0 Å². The number of terminal acetylenes is 1. The van der Waals surface area contributed by atoms with E-state index in [9.17, 15) is 0 Å². The van der Waals surface area contributed by atoms with E-state index in [0.29, 0.717) is 0 Å². The maximum absolute atomic E-state index is 6.59. The second-order valence-electron chi connectivity index (χ2n) is 15.2. The van der Waals surface area contributed by atoms with Crippen molar-refractivity contribution < 1.29 is 13.6 Å². The number of allylic oxidation sites excluding steroid dienone is 2. The molecule has 0 aliphatic carbocycles. The van der Waals surface area contributed by atoms with Crippen molar-refractivity contribution in [3.63, 3.8) is 0 Å². The lowest BCUT2D eigenvalue weighted by atomic mass is 10.1. The van der Waals surface area contributed by atoms with Gasteiger partial charge in [-0.25, -0.2) is 0 Å². The molecule has 0 rings (SSSR count). The van der Waals surface area contributed by atoms with Crippen molar-refractivity contribution in [2.45, 2.75) is 213 Å². The number of ether oxygens (including phenoxy) is 1. The molecule has 0 aliphatic heterocycles. The normalized spacial score (nSPS) is 12.7. The molecule has 7 heteroatoms. The summed E-state index contributed by atoms with van der Waals surface area (Å²) in [6, 6.07) is 0. The van der Waals surface area contributed by atoms with Crippen molar-refractivity contribution >= 4 is 30.1 Å². The SMILES string of the molecule is C#CCN(C)CCCCCCO[Si](C)(C)OC(CSSCCCCCCCCCCCC)OCCCCCCCC/C=C\CCCCCCCC. The van der Waals surface area contributed by atoms with Gasteiger partial charge in [0.05, 0.1) is 12.3 Å². The fraction of sp³-hybridized carbons (Fsp3) is 0.909. The van der Waals surface area contributed by atoms with E-state index >= 15 is 0 Å². The van der Waals surface area contributed by atoms with Crippen molar-refractivity contribution in [2.75, 3.05) is 44.9 Å². The molecule has 51 heavy (non-hydrogen) atoms. The first-order valence-electron chi connectivity index (χ1n) is 21.9. The van der Waals surface area contributed by atoms with Crippen LogP contribution in [0.1, 0.15) is 194 Å². The quantitative estimate of drug-likeness (QED) is 0.0153. The lowest BCUT2D eigenvalue weighted by molar-refractivity contribution is -0.0829. The monoisotopic (exact) mass is 770 g/mol. The van der Waals surface area contributed by atoms with Crippen LogP contribution in [0.25, 0.3) is 0 Å².